The number of aliphatic hydroxyl groups is 1. The maximum Gasteiger partial charge on any atom is 0.328 e. The second-order valence-corrected chi connectivity index (χ2v) is 4.19. The number of carbonyl (C=O) groups is 2. The fourth-order valence-electron chi connectivity index (χ4n) is 1.92. The number of carbonyl (C=O) groups excluding carboxylic acids is 2. The third kappa shape index (κ3) is 4.71. The lowest BCUT2D eigenvalue weighted by atomic mass is 10.2. The molecule has 1 fully saturated rings. The first-order valence-electron chi connectivity index (χ1n) is 5.87. The van der Waals surface area contributed by atoms with Gasteiger partial charge in [-0.3, -0.25) is 4.79 Å². The van der Waals surface area contributed by atoms with Gasteiger partial charge in [-0.15, -0.1) is 0 Å². The van der Waals surface area contributed by atoms with Gasteiger partial charge in [-0.25, -0.2) is 13.6 Å². The Hall–Kier alpha value is -1.28. The lowest BCUT2D eigenvalue weighted by Crippen LogP contribution is -2.41. The molecule has 0 aromatic rings. The quantitative estimate of drug-likeness (QED) is 0.538. The first-order chi connectivity index (χ1) is 8.95. The van der Waals surface area contributed by atoms with Gasteiger partial charge >= 0.3 is 5.97 Å². The molecule has 0 bridgehead atoms. The van der Waals surface area contributed by atoms with Crippen LogP contribution in [0.2, 0.25) is 0 Å². The highest BCUT2D eigenvalue weighted by molar-refractivity contribution is 5.85. The maximum absolute atomic E-state index is 11.8. The number of halogens is 2. The van der Waals surface area contributed by atoms with E-state index in [0.717, 1.165) is 0 Å². The van der Waals surface area contributed by atoms with E-state index in [0.29, 0.717) is 0 Å². The van der Waals surface area contributed by atoms with Gasteiger partial charge in [0.25, 0.3) is 6.43 Å². The summed E-state index contributed by atoms with van der Waals surface area (Å²) in [5.41, 5.74) is 0. The Labute approximate surface area is 109 Å². The number of aliphatic hydroxyl groups excluding tert-OH is 1. The molecule has 2 atom stereocenters. The summed E-state index contributed by atoms with van der Waals surface area (Å²) in [5, 5.41) is 9.48. The van der Waals surface area contributed by atoms with Crippen LogP contribution in [0.15, 0.2) is 0 Å². The minimum absolute atomic E-state index is 0.0352. The highest BCUT2D eigenvalue weighted by atomic mass is 19.3. The van der Waals surface area contributed by atoms with Crippen LogP contribution in [0, 0.1) is 0 Å². The maximum atomic E-state index is 11.8. The lowest BCUT2D eigenvalue weighted by Gasteiger charge is -2.22. The predicted octanol–water partition coefficient (Wildman–Crippen LogP) is -0.207. The van der Waals surface area contributed by atoms with Gasteiger partial charge in [-0.05, 0) is 0 Å². The Morgan fingerprint density at radius 3 is 2.74 bits per heavy atom. The van der Waals surface area contributed by atoms with Crippen molar-refractivity contribution in [3.05, 3.63) is 0 Å². The zero-order chi connectivity index (χ0) is 14.4. The van der Waals surface area contributed by atoms with Gasteiger partial charge in [-0.2, -0.15) is 0 Å². The van der Waals surface area contributed by atoms with Crippen molar-refractivity contribution in [3.63, 3.8) is 0 Å². The zero-order valence-corrected chi connectivity index (χ0v) is 10.6. The average Bonchev–Trinajstić information content (AvgIpc) is 2.75. The van der Waals surface area contributed by atoms with Crippen molar-refractivity contribution < 1.29 is 33.0 Å². The van der Waals surface area contributed by atoms with E-state index in [9.17, 15) is 23.5 Å². The van der Waals surface area contributed by atoms with E-state index in [-0.39, 0.29) is 26.0 Å². The fourth-order valence-corrected chi connectivity index (χ4v) is 1.92. The summed E-state index contributed by atoms with van der Waals surface area (Å²) in [6.07, 6.45) is -3.36. The van der Waals surface area contributed by atoms with E-state index < -0.39 is 37.1 Å². The first-order valence-corrected chi connectivity index (χ1v) is 5.87. The van der Waals surface area contributed by atoms with Crippen molar-refractivity contribution in [2.24, 2.45) is 0 Å². The number of hydrogen-bond donors (Lipinski definition) is 1. The summed E-state index contributed by atoms with van der Waals surface area (Å²) >= 11 is 0. The molecule has 0 aliphatic carbocycles. The normalized spacial score (nSPS) is 22.9. The molecule has 19 heavy (non-hydrogen) atoms. The van der Waals surface area contributed by atoms with Crippen LogP contribution in [-0.4, -0.2) is 67.3 Å². The summed E-state index contributed by atoms with van der Waals surface area (Å²) in [4.78, 5) is 24.4. The van der Waals surface area contributed by atoms with Crippen LogP contribution in [0.1, 0.15) is 12.8 Å². The molecule has 1 amide bonds. The van der Waals surface area contributed by atoms with E-state index in [1.807, 2.05) is 0 Å². The number of nitrogens with zero attached hydrogens (tertiary/aromatic N) is 1. The van der Waals surface area contributed by atoms with Crippen LogP contribution < -0.4 is 0 Å². The summed E-state index contributed by atoms with van der Waals surface area (Å²) < 4.78 is 32.8. The molecule has 110 valence electrons. The molecule has 1 rings (SSSR count). The van der Waals surface area contributed by atoms with Crippen LogP contribution in [0.25, 0.3) is 0 Å². The number of hydrogen-bond acceptors (Lipinski definition) is 5. The van der Waals surface area contributed by atoms with Crippen molar-refractivity contribution in [1.82, 2.24) is 4.90 Å². The second kappa shape index (κ2) is 7.34. The molecule has 8 heteroatoms. The molecule has 0 radical (unpaired) electrons. The number of esters is 1. The fraction of sp³-hybridized carbons (Fsp3) is 0.818. The van der Waals surface area contributed by atoms with Crippen molar-refractivity contribution in [1.29, 1.82) is 0 Å². The molecule has 0 saturated carbocycles. The molecule has 1 heterocycles. The SMILES string of the molecule is COC(=O)C1CC(O)CN1C(=O)CCOCC(F)F. The van der Waals surface area contributed by atoms with E-state index >= 15 is 0 Å². The minimum atomic E-state index is -2.58. The van der Waals surface area contributed by atoms with Crippen LogP contribution >= 0.6 is 0 Å². The summed E-state index contributed by atoms with van der Waals surface area (Å²) in [5.74, 6) is -1.03. The highest BCUT2D eigenvalue weighted by Gasteiger charge is 2.39. The molecule has 1 aliphatic rings. The van der Waals surface area contributed by atoms with Gasteiger partial charge in [0.05, 0.1) is 26.2 Å². The Balaban J connectivity index is 2.43. The second-order valence-electron chi connectivity index (χ2n) is 4.19. The third-order valence-corrected chi connectivity index (χ3v) is 2.78. The number of amides is 1. The monoisotopic (exact) mass is 281 g/mol. The summed E-state index contributed by atoms with van der Waals surface area (Å²) in [7, 11) is 1.20. The standard InChI is InChI=1S/C11H17F2NO5/c1-18-11(17)8-4-7(15)5-14(8)10(16)2-3-19-6-9(12)13/h7-9,15H,2-6H2,1H3. The third-order valence-electron chi connectivity index (χ3n) is 2.78. The van der Waals surface area contributed by atoms with Gasteiger partial charge < -0.3 is 19.5 Å². The number of alkyl halides is 2. The molecule has 2 unspecified atom stereocenters. The largest absolute Gasteiger partial charge is 0.467 e. The Bertz CT molecular complexity index is 326. The minimum Gasteiger partial charge on any atom is -0.467 e. The number of ether oxygens (including phenoxy) is 2. The van der Waals surface area contributed by atoms with Crippen LogP contribution in [0.4, 0.5) is 8.78 Å². The van der Waals surface area contributed by atoms with Crippen LogP contribution in [0.5, 0.6) is 0 Å². The predicted molar refractivity (Wildman–Crippen MR) is 59.6 cm³/mol. The molecular weight excluding hydrogens is 264 g/mol. The summed E-state index contributed by atoms with van der Waals surface area (Å²) in [6, 6.07) is -0.817. The zero-order valence-electron chi connectivity index (χ0n) is 10.6. The molecule has 0 spiro atoms. The Kier molecular flexibility index (Phi) is 6.10. The molecule has 0 aromatic heterocycles. The van der Waals surface area contributed by atoms with Crippen LogP contribution in [0.3, 0.4) is 0 Å². The van der Waals surface area contributed by atoms with E-state index in [4.69, 9.17) is 0 Å². The Morgan fingerprint density at radius 2 is 2.16 bits per heavy atom. The number of rotatable bonds is 6. The molecular formula is C11H17F2NO5. The van der Waals surface area contributed by atoms with Gasteiger partial charge in [0, 0.05) is 13.0 Å². The van der Waals surface area contributed by atoms with Gasteiger partial charge in [-0.1, -0.05) is 0 Å². The number of β-amino-alcohol motifs (C(OH)–C–C–N with tert-alkyl or cyclic N) is 1. The van der Waals surface area contributed by atoms with Crippen molar-refractivity contribution >= 4 is 11.9 Å². The molecule has 0 aromatic carbocycles. The van der Waals surface area contributed by atoms with E-state index in [1.165, 1.54) is 12.0 Å². The smallest absolute Gasteiger partial charge is 0.328 e. The number of methoxy groups -OCH3 is 1. The topological polar surface area (TPSA) is 76.1 Å². The van der Waals surface area contributed by atoms with Gasteiger partial charge in [0.2, 0.25) is 5.91 Å². The van der Waals surface area contributed by atoms with E-state index in [2.05, 4.69) is 9.47 Å². The van der Waals surface area contributed by atoms with Gasteiger partial charge in [0.1, 0.15) is 12.6 Å². The van der Waals surface area contributed by atoms with E-state index in [1.54, 1.807) is 0 Å². The molecule has 1 saturated heterocycles. The summed E-state index contributed by atoms with van der Waals surface area (Å²) in [6.45, 7) is -0.840. The van der Waals surface area contributed by atoms with Crippen molar-refractivity contribution in [2.75, 3.05) is 26.9 Å². The van der Waals surface area contributed by atoms with Crippen molar-refractivity contribution in [2.45, 2.75) is 31.4 Å². The lowest BCUT2D eigenvalue weighted by molar-refractivity contribution is -0.151. The average molecular weight is 281 g/mol. The first kappa shape index (κ1) is 15.8. The molecule has 1 N–H and O–H groups in total. The Morgan fingerprint density at radius 1 is 1.47 bits per heavy atom. The molecule has 1 aliphatic heterocycles. The van der Waals surface area contributed by atoms with Crippen molar-refractivity contribution in [3.8, 4) is 0 Å². The molecule has 6 nitrogen and oxygen atoms in total. The number of likely N-dealkylation sites (tertiary alicyclic amines) is 1. The highest BCUT2D eigenvalue weighted by Crippen LogP contribution is 2.20. The van der Waals surface area contributed by atoms with Crippen LogP contribution in [-0.2, 0) is 19.1 Å². The van der Waals surface area contributed by atoms with Gasteiger partial charge in [0.15, 0.2) is 0 Å².